The van der Waals surface area contributed by atoms with Crippen molar-refractivity contribution in [2.75, 3.05) is 32.2 Å². The van der Waals surface area contributed by atoms with Crippen LogP contribution in [0.15, 0.2) is 90.8 Å². The number of carbonyl (C=O) groups is 4. The van der Waals surface area contributed by atoms with Crippen LogP contribution in [-0.4, -0.2) is 99.2 Å². The van der Waals surface area contributed by atoms with Gasteiger partial charge in [0.25, 0.3) is 0 Å². The number of rotatable bonds is 16. The van der Waals surface area contributed by atoms with Gasteiger partial charge in [0.05, 0.1) is 62.2 Å². The summed E-state index contributed by atoms with van der Waals surface area (Å²) in [6.07, 6.45) is 20.8. The van der Waals surface area contributed by atoms with E-state index in [2.05, 4.69) is 105 Å². The molecule has 69 heavy (non-hydrogen) atoms. The van der Waals surface area contributed by atoms with Gasteiger partial charge in [0, 0.05) is 18.8 Å². The second-order valence-electron chi connectivity index (χ2n) is 19.5. The fourth-order valence-electron chi connectivity index (χ4n) is 10.4. The molecule has 3 saturated heterocycles. The number of benzene rings is 2. The summed E-state index contributed by atoms with van der Waals surface area (Å²) in [7, 11) is 2.60. The van der Waals surface area contributed by atoms with E-state index in [4.69, 9.17) is 19.4 Å². The number of allylic oxidation sites excluding steroid dienone is 3. The van der Waals surface area contributed by atoms with E-state index < -0.39 is 24.3 Å². The van der Waals surface area contributed by atoms with Gasteiger partial charge in [0.1, 0.15) is 23.7 Å². The zero-order valence-electron chi connectivity index (χ0n) is 41.1. The average Bonchev–Trinajstić information content (AvgIpc) is 3.96. The van der Waals surface area contributed by atoms with Gasteiger partial charge < -0.3 is 44.8 Å². The molecule has 2 aromatic carbocycles. The number of ether oxygens (including phenoxy) is 2. The molecule has 3 aliphatic heterocycles. The topological polar surface area (TPSA) is 178 Å². The van der Waals surface area contributed by atoms with E-state index in [1.807, 2.05) is 56.0 Å². The van der Waals surface area contributed by atoms with E-state index in [1.165, 1.54) is 49.4 Å². The normalized spacial score (nSPS) is 21.8. The van der Waals surface area contributed by atoms with Gasteiger partial charge in [-0.05, 0) is 117 Å². The molecule has 8 rings (SSSR count). The van der Waals surface area contributed by atoms with E-state index in [9.17, 15) is 19.2 Å². The van der Waals surface area contributed by atoms with Gasteiger partial charge in [-0.15, -0.1) is 0 Å². The molecule has 2 aromatic heterocycles. The van der Waals surface area contributed by atoms with Crippen molar-refractivity contribution < 1.29 is 28.7 Å². The number of imidazole rings is 2. The number of likely N-dealkylation sites (tertiary alicyclic amines) is 2. The van der Waals surface area contributed by atoms with E-state index >= 15 is 0 Å². The Hall–Kier alpha value is -6.64. The molecule has 15 heteroatoms. The molecule has 4 amide bonds. The summed E-state index contributed by atoms with van der Waals surface area (Å²) in [4.78, 5) is 74.4. The summed E-state index contributed by atoms with van der Waals surface area (Å²) in [6, 6.07) is 16.5. The summed E-state index contributed by atoms with van der Waals surface area (Å²) in [5.74, 6) is 1.65. The molecule has 4 fully saturated rings. The first kappa shape index (κ1) is 48.8. The third kappa shape index (κ3) is 11.0. The van der Waals surface area contributed by atoms with Crippen molar-refractivity contribution in [2.24, 2.45) is 11.8 Å². The van der Waals surface area contributed by atoms with Crippen molar-refractivity contribution in [3.05, 3.63) is 119 Å². The predicted molar refractivity (Wildman–Crippen MR) is 267 cm³/mol. The maximum atomic E-state index is 13.8. The molecule has 366 valence electrons. The Morgan fingerprint density at radius 1 is 0.696 bits per heavy atom. The van der Waals surface area contributed by atoms with Crippen molar-refractivity contribution in [2.45, 2.75) is 128 Å². The van der Waals surface area contributed by atoms with Crippen molar-refractivity contribution in [3.8, 4) is 11.3 Å². The standard InChI is InChI=1S/C54H69N9O6/c1-8-12-38(13-9-14-40-31-55-49(57-40)45-15-10-29-61(45)51(64)47(33(2)3)59-53(66)68-6)43-27-28-44(63(43)41-25-23-36(24-26-41)35-17-18-35)39-21-19-37(20-22-39)42-32-56-50(58-42)46-16-11-30-62(46)52(65)48(34(4)5)60-54(67)69-7/h8-9,12-14,19-26,31-35,43-48H,10-11,15-18,27-30H2,1-7H3,(H,55,57)(H,56,58)(H,59,66)(H,60,67)/b12-8-,14-9+,38-13+/t43?,44?,45-,46-,47-,48-/m0/s1. The van der Waals surface area contributed by atoms with Crippen molar-refractivity contribution >= 4 is 35.8 Å². The van der Waals surface area contributed by atoms with Crippen LogP contribution in [0.1, 0.15) is 138 Å². The minimum atomic E-state index is -0.694. The van der Waals surface area contributed by atoms with Crippen LogP contribution in [-0.2, 0) is 19.1 Å². The van der Waals surface area contributed by atoms with E-state index in [1.54, 1.807) is 0 Å². The van der Waals surface area contributed by atoms with Crippen LogP contribution in [0.2, 0.25) is 0 Å². The molecule has 2 unspecified atom stereocenters. The highest BCUT2D eigenvalue weighted by Crippen LogP contribution is 2.45. The number of anilines is 1. The van der Waals surface area contributed by atoms with Gasteiger partial charge in [-0.3, -0.25) is 9.59 Å². The molecule has 4 aliphatic rings. The van der Waals surface area contributed by atoms with Gasteiger partial charge in [-0.2, -0.15) is 0 Å². The monoisotopic (exact) mass is 940 g/mol. The Bertz CT molecular complexity index is 2520. The van der Waals surface area contributed by atoms with Gasteiger partial charge >= 0.3 is 12.2 Å². The minimum Gasteiger partial charge on any atom is -0.453 e. The number of amides is 4. The average molecular weight is 940 g/mol. The maximum Gasteiger partial charge on any atom is 0.407 e. The van der Waals surface area contributed by atoms with Gasteiger partial charge in [0.2, 0.25) is 11.8 Å². The molecule has 0 spiro atoms. The van der Waals surface area contributed by atoms with Crippen LogP contribution >= 0.6 is 0 Å². The molecule has 0 bridgehead atoms. The maximum absolute atomic E-state index is 13.8. The minimum absolute atomic E-state index is 0.110. The number of carbonyl (C=O) groups excluding carboxylic acids is 4. The lowest BCUT2D eigenvalue weighted by atomic mass is 10.0. The molecule has 15 nitrogen and oxygen atoms in total. The largest absolute Gasteiger partial charge is 0.453 e. The number of nitrogens with zero attached hydrogens (tertiary/aromatic N) is 5. The Morgan fingerprint density at radius 3 is 1.81 bits per heavy atom. The fraction of sp³-hybridized carbons (Fsp3) is 0.481. The van der Waals surface area contributed by atoms with Crippen LogP contribution in [0.5, 0.6) is 0 Å². The smallest absolute Gasteiger partial charge is 0.407 e. The first-order valence-corrected chi connectivity index (χ1v) is 24.8. The van der Waals surface area contributed by atoms with Gasteiger partial charge in [-0.1, -0.05) is 88.4 Å². The first-order chi connectivity index (χ1) is 33.4. The Kier molecular flexibility index (Phi) is 15.4. The number of aromatic nitrogens is 4. The van der Waals surface area contributed by atoms with Crippen molar-refractivity contribution in [1.82, 2.24) is 40.4 Å². The highest BCUT2D eigenvalue weighted by molar-refractivity contribution is 5.87. The summed E-state index contributed by atoms with van der Waals surface area (Å²) >= 11 is 0. The number of methoxy groups -OCH3 is 2. The molecule has 0 radical (unpaired) electrons. The lowest BCUT2D eigenvalue weighted by Gasteiger charge is -2.34. The van der Waals surface area contributed by atoms with E-state index in [0.717, 1.165) is 67.1 Å². The van der Waals surface area contributed by atoms with Gasteiger partial charge in [0.15, 0.2) is 0 Å². The van der Waals surface area contributed by atoms with Crippen LogP contribution in [0.4, 0.5) is 15.3 Å². The number of H-pyrrole nitrogens is 2. The van der Waals surface area contributed by atoms with Gasteiger partial charge in [-0.25, -0.2) is 19.6 Å². The van der Waals surface area contributed by atoms with Crippen LogP contribution in [0.25, 0.3) is 17.3 Å². The molecule has 4 aromatic rings. The van der Waals surface area contributed by atoms with E-state index in [0.29, 0.717) is 19.0 Å². The number of alkyl carbamates (subject to hydrolysis) is 2. The second kappa shape index (κ2) is 21.8. The zero-order valence-corrected chi connectivity index (χ0v) is 41.1. The van der Waals surface area contributed by atoms with Crippen molar-refractivity contribution in [3.63, 3.8) is 0 Å². The third-order valence-corrected chi connectivity index (χ3v) is 14.2. The molecule has 5 heterocycles. The number of hydrogen-bond acceptors (Lipinski definition) is 9. The Balaban J connectivity index is 0.996. The summed E-state index contributed by atoms with van der Waals surface area (Å²) in [5, 5.41) is 5.45. The summed E-state index contributed by atoms with van der Waals surface area (Å²) in [6.45, 7) is 10.9. The molecular formula is C54H69N9O6. The predicted octanol–water partition coefficient (Wildman–Crippen LogP) is 9.69. The first-order valence-electron chi connectivity index (χ1n) is 24.8. The Morgan fingerprint density at radius 2 is 1.26 bits per heavy atom. The number of aromatic amines is 2. The fourth-order valence-corrected chi connectivity index (χ4v) is 10.4. The molecule has 4 N–H and O–H groups in total. The lowest BCUT2D eigenvalue weighted by Crippen LogP contribution is -2.51. The van der Waals surface area contributed by atoms with Crippen LogP contribution in [0.3, 0.4) is 0 Å². The Labute approximate surface area is 406 Å². The SMILES string of the molecule is C\C=C/C(=C\C=C\c1cnc([C@@H]2CCCN2C(=O)[C@@H](NC(=O)OC)C(C)C)[nH]1)C1CCC(c2ccc(-c3cnc([C@@H]4CCCN4C(=O)[C@@H](NC(=O)OC)C(C)C)[nH]3)cc2)N1c1ccc(C2CC2)cc1. The second-order valence-corrected chi connectivity index (χ2v) is 19.5. The van der Waals surface area contributed by atoms with Crippen LogP contribution < -0.4 is 15.5 Å². The number of hydrogen-bond donors (Lipinski definition) is 4. The van der Waals surface area contributed by atoms with Crippen LogP contribution in [0, 0.1) is 11.8 Å². The quantitative estimate of drug-likeness (QED) is 0.0797. The highest BCUT2D eigenvalue weighted by atomic mass is 16.5. The van der Waals surface area contributed by atoms with E-state index in [-0.39, 0.29) is 47.8 Å². The highest BCUT2D eigenvalue weighted by Gasteiger charge is 2.40. The molecular weight excluding hydrogens is 871 g/mol. The van der Waals surface area contributed by atoms with Crippen molar-refractivity contribution in [1.29, 1.82) is 0 Å². The molecule has 1 aliphatic carbocycles. The zero-order chi connectivity index (χ0) is 48.8. The third-order valence-electron chi connectivity index (χ3n) is 14.2. The lowest BCUT2D eigenvalue weighted by molar-refractivity contribution is -0.136. The number of nitrogens with one attached hydrogen (secondary N) is 4. The molecule has 6 atom stereocenters. The summed E-state index contributed by atoms with van der Waals surface area (Å²) in [5.41, 5.74) is 7.79. The molecule has 1 saturated carbocycles. The summed E-state index contributed by atoms with van der Waals surface area (Å²) < 4.78 is 9.62.